The fraction of sp³-hybridized carbons (Fsp3) is 0.0769. The number of fused-ring (bicyclic) bond motifs is 1. The van der Waals surface area contributed by atoms with E-state index in [9.17, 15) is 0 Å². The SMILES string of the molecule is C=CC1=C(/C=C\C)Oc2ccccc2S1. The van der Waals surface area contributed by atoms with E-state index in [1.165, 1.54) is 0 Å². The van der Waals surface area contributed by atoms with E-state index >= 15 is 0 Å². The van der Waals surface area contributed by atoms with Gasteiger partial charge < -0.3 is 4.74 Å². The van der Waals surface area contributed by atoms with E-state index in [2.05, 4.69) is 12.6 Å². The molecule has 0 saturated carbocycles. The smallest absolute Gasteiger partial charge is 0.141 e. The lowest BCUT2D eigenvalue weighted by Crippen LogP contribution is -2.01. The fourth-order valence-corrected chi connectivity index (χ4v) is 2.25. The molecular weight excluding hydrogens is 204 g/mol. The number of para-hydroxylation sites is 1. The van der Waals surface area contributed by atoms with Crippen LogP contribution in [0.15, 0.2) is 64.6 Å². The molecule has 1 aromatic rings. The van der Waals surface area contributed by atoms with Gasteiger partial charge in [-0.15, -0.1) is 0 Å². The summed E-state index contributed by atoms with van der Waals surface area (Å²) in [7, 11) is 0. The molecule has 0 amide bonds. The molecule has 0 fully saturated rings. The van der Waals surface area contributed by atoms with Gasteiger partial charge in [-0.3, -0.25) is 0 Å². The lowest BCUT2D eigenvalue weighted by Gasteiger charge is -2.19. The molecule has 0 bridgehead atoms. The van der Waals surface area contributed by atoms with Crippen molar-refractivity contribution in [3.63, 3.8) is 0 Å². The molecule has 0 spiro atoms. The number of ether oxygens (including phenoxy) is 1. The predicted octanol–water partition coefficient (Wildman–Crippen LogP) is 4.14. The highest BCUT2D eigenvalue weighted by molar-refractivity contribution is 8.03. The van der Waals surface area contributed by atoms with Gasteiger partial charge in [0.2, 0.25) is 0 Å². The standard InChI is InChI=1S/C13H12OS/c1-3-7-10-12(4-2)15-13-9-6-5-8-11(13)14-10/h3-9H,2H2,1H3/b7-3-. The third-order valence-corrected chi connectivity index (χ3v) is 3.18. The van der Waals surface area contributed by atoms with E-state index in [0.717, 1.165) is 21.3 Å². The Bertz CT molecular complexity index is 444. The van der Waals surface area contributed by atoms with Gasteiger partial charge >= 0.3 is 0 Å². The third-order valence-electron chi connectivity index (χ3n) is 2.04. The first kappa shape index (κ1) is 10.1. The van der Waals surface area contributed by atoms with Crippen molar-refractivity contribution in [1.82, 2.24) is 0 Å². The Labute approximate surface area is 94.1 Å². The minimum atomic E-state index is 0.871. The quantitative estimate of drug-likeness (QED) is 0.734. The first-order valence-electron chi connectivity index (χ1n) is 4.79. The Balaban J connectivity index is 2.41. The van der Waals surface area contributed by atoms with E-state index in [1.807, 2.05) is 43.4 Å². The van der Waals surface area contributed by atoms with Crippen molar-refractivity contribution in [3.8, 4) is 5.75 Å². The van der Waals surface area contributed by atoms with Crippen molar-refractivity contribution in [3.05, 3.63) is 59.7 Å². The van der Waals surface area contributed by atoms with E-state index in [-0.39, 0.29) is 0 Å². The first-order chi connectivity index (χ1) is 7.35. The van der Waals surface area contributed by atoms with Crippen LogP contribution in [0, 0.1) is 0 Å². The summed E-state index contributed by atoms with van der Waals surface area (Å²) < 4.78 is 5.78. The number of benzene rings is 1. The Morgan fingerprint density at radius 3 is 2.87 bits per heavy atom. The average Bonchev–Trinajstić information content (AvgIpc) is 2.28. The van der Waals surface area contributed by atoms with Gasteiger partial charge in [-0.2, -0.15) is 0 Å². The maximum absolute atomic E-state index is 5.78. The zero-order chi connectivity index (χ0) is 10.7. The van der Waals surface area contributed by atoms with Crippen molar-refractivity contribution in [2.45, 2.75) is 11.8 Å². The highest BCUT2D eigenvalue weighted by Gasteiger charge is 2.16. The van der Waals surface area contributed by atoms with E-state index in [0.29, 0.717) is 0 Å². The van der Waals surface area contributed by atoms with Crippen LogP contribution in [0.2, 0.25) is 0 Å². The minimum Gasteiger partial charge on any atom is -0.455 e. The lowest BCUT2D eigenvalue weighted by atomic mass is 10.3. The van der Waals surface area contributed by atoms with Crippen LogP contribution >= 0.6 is 11.8 Å². The molecule has 2 heteroatoms. The Hall–Kier alpha value is -1.41. The Kier molecular flexibility index (Phi) is 2.97. The molecule has 0 saturated heterocycles. The normalized spacial score (nSPS) is 15.0. The molecule has 0 aromatic heterocycles. The third kappa shape index (κ3) is 2.00. The second kappa shape index (κ2) is 4.41. The molecule has 0 unspecified atom stereocenters. The van der Waals surface area contributed by atoms with Crippen LogP contribution in [-0.2, 0) is 0 Å². The summed E-state index contributed by atoms with van der Waals surface area (Å²) in [5.41, 5.74) is 0. The van der Waals surface area contributed by atoms with Crippen molar-refractivity contribution in [2.24, 2.45) is 0 Å². The van der Waals surface area contributed by atoms with E-state index in [1.54, 1.807) is 11.8 Å². The second-order valence-corrected chi connectivity index (χ2v) is 4.17. The summed E-state index contributed by atoms with van der Waals surface area (Å²) in [6, 6.07) is 8.02. The summed E-state index contributed by atoms with van der Waals surface area (Å²) in [4.78, 5) is 2.20. The van der Waals surface area contributed by atoms with Gasteiger partial charge in [-0.25, -0.2) is 0 Å². The van der Waals surface area contributed by atoms with Crippen molar-refractivity contribution in [2.75, 3.05) is 0 Å². The largest absolute Gasteiger partial charge is 0.455 e. The predicted molar refractivity (Wildman–Crippen MR) is 65.0 cm³/mol. The van der Waals surface area contributed by atoms with Gasteiger partial charge in [0.25, 0.3) is 0 Å². The van der Waals surface area contributed by atoms with Gasteiger partial charge in [-0.1, -0.05) is 42.6 Å². The molecule has 1 heterocycles. The fourth-order valence-electron chi connectivity index (χ4n) is 1.37. The number of hydrogen-bond acceptors (Lipinski definition) is 2. The molecule has 1 aromatic carbocycles. The average molecular weight is 216 g/mol. The van der Waals surface area contributed by atoms with Crippen LogP contribution in [0.1, 0.15) is 6.92 Å². The lowest BCUT2D eigenvalue weighted by molar-refractivity contribution is 0.429. The highest BCUT2D eigenvalue weighted by atomic mass is 32.2. The van der Waals surface area contributed by atoms with E-state index < -0.39 is 0 Å². The zero-order valence-corrected chi connectivity index (χ0v) is 9.38. The van der Waals surface area contributed by atoms with Gasteiger partial charge in [-0.05, 0) is 25.1 Å². The minimum absolute atomic E-state index is 0.871. The molecule has 76 valence electrons. The number of rotatable bonds is 2. The molecule has 0 N–H and O–H groups in total. The molecule has 2 rings (SSSR count). The molecule has 0 aliphatic carbocycles. The summed E-state index contributed by atoms with van der Waals surface area (Å²) in [5, 5.41) is 0. The number of allylic oxidation sites excluding steroid dienone is 3. The summed E-state index contributed by atoms with van der Waals surface area (Å²) in [6.45, 7) is 5.77. The zero-order valence-electron chi connectivity index (χ0n) is 8.57. The molecule has 1 aliphatic rings. The molecule has 0 atom stereocenters. The number of hydrogen-bond donors (Lipinski definition) is 0. The highest BCUT2D eigenvalue weighted by Crippen LogP contribution is 2.41. The second-order valence-electron chi connectivity index (χ2n) is 3.08. The van der Waals surface area contributed by atoms with Gasteiger partial charge in [0.1, 0.15) is 11.5 Å². The van der Waals surface area contributed by atoms with Gasteiger partial charge in [0, 0.05) is 0 Å². The van der Waals surface area contributed by atoms with Crippen LogP contribution in [0.5, 0.6) is 5.75 Å². The molecular formula is C13H12OS. The van der Waals surface area contributed by atoms with E-state index in [4.69, 9.17) is 4.74 Å². The van der Waals surface area contributed by atoms with Crippen LogP contribution in [0.3, 0.4) is 0 Å². The Morgan fingerprint density at radius 1 is 1.33 bits per heavy atom. The topological polar surface area (TPSA) is 9.23 Å². The Morgan fingerprint density at radius 2 is 2.13 bits per heavy atom. The molecule has 0 radical (unpaired) electrons. The van der Waals surface area contributed by atoms with Crippen LogP contribution in [0.25, 0.3) is 0 Å². The summed E-state index contributed by atoms with van der Waals surface area (Å²) >= 11 is 1.69. The van der Waals surface area contributed by atoms with Crippen molar-refractivity contribution >= 4 is 11.8 Å². The molecule has 1 nitrogen and oxygen atoms in total. The summed E-state index contributed by atoms with van der Waals surface area (Å²) in [5.74, 6) is 1.79. The summed E-state index contributed by atoms with van der Waals surface area (Å²) in [6.07, 6.45) is 5.75. The van der Waals surface area contributed by atoms with Gasteiger partial charge in [0.05, 0.1) is 9.80 Å². The van der Waals surface area contributed by atoms with Crippen molar-refractivity contribution < 1.29 is 4.74 Å². The van der Waals surface area contributed by atoms with Crippen molar-refractivity contribution in [1.29, 1.82) is 0 Å². The van der Waals surface area contributed by atoms with Gasteiger partial charge in [0.15, 0.2) is 0 Å². The molecule has 1 aliphatic heterocycles. The monoisotopic (exact) mass is 216 g/mol. The number of thioether (sulfide) groups is 1. The van der Waals surface area contributed by atoms with Crippen LogP contribution < -0.4 is 4.74 Å². The molecule has 15 heavy (non-hydrogen) atoms. The maximum Gasteiger partial charge on any atom is 0.141 e. The van der Waals surface area contributed by atoms with Crippen LogP contribution in [-0.4, -0.2) is 0 Å². The first-order valence-corrected chi connectivity index (χ1v) is 5.61. The maximum atomic E-state index is 5.78. The van der Waals surface area contributed by atoms with Crippen LogP contribution in [0.4, 0.5) is 0 Å².